The van der Waals surface area contributed by atoms with Crippen molar-refractivity contribution in [2.24, 2.45) is 5.73 Å². The van der Waals surface area contributed by atoms with Crippen LogP contribution in [0.2, 0.25) is 0 Å². The third-order valence-electron chi connectivity index (χ3n) is 3.18. The van der Waals surface area contributed by atoms with Gasteiger partial charge in [-0.2, -0.15) is 0 Å². The number of rotatable bonds is 3. The van der Waals surface area contributed by atoms with Crippen LogP contribution in [0, 0.1) is 0 Å². The number of benzene rings is 1. The Balaban J connectivity index is 2.01. The van der Waals surface area contributed by atoms with Gasteiger partial charge in [-0.15, -0.1) is 0 Å². The molecule has 0 radical (unpaired) electrons. The number of likely N-dealkylation sites (N-methyl/N-ethyl adjacent to an activating group) is 1. The molecule has 1 aliphatic heterocycles. The van der Waals surface area contributed by atoms with Crippen molar-refractivity contribution in [1.29, 1.82) is 0 Å². The van der Waals surface area contributed by atoms with Gasteiger partial charge < -0.3 is 16.0 Å². The van der Waals surface area contributed by atoms with Crippen LogP contribution >= 0.6 is 0 Å². The number of nitrogens with one attached hydrogen (secondary N) is 1. The summed E-state index contributed by atoms with van der Waals surface area (Å²) >= 11 is 0. The second kappa shape index (κ2) is 5.18. The molecule has 3 N–H and O–H groups in total. The molecule has 5 heteroatoms. The Kier molecular flexibility index (Phi) is 3.62. The molecule has 1 saturated heterocycles. The van der Waals surface area contributed by atoms with Gasteiger partial charge in [0.05, 0.1) is 0 Å². The van der Waals surface area contributed by atoms with Gasteiger partial charge in [-0.1, -0.05) is 12.1 Å². The number of hydrogen-bond donors (Lipinski definition) is 2. The zero-order valence-electron chi connectivity index (χ0n) is 10.3. The fourth-order valence-electron chi connectivity index (χ4n) is 1.99. The normalized spacial score (nSPS) is 19.1. The van der Waals surface area contributed by atoms with E-state index in [2.05, 4.69) is 5.32 Å². The lowest BCUT2D eigenvalue weighted by Crippen LogP contribution is -2.40. The average molecular weight is 247 g/mol. The lowest BCUT2D eigenvalue weighted by Gasteiger charge is -2.12. The minimum Gasteiger partial charge on any atom is -0.344 e. The molecule has 0 bridgehead atoms. The highest BCUT2D eigenvalue weighted by atomic mass is 16.2. The first-order valence-corrected chi connectivity index (χ1v) is 5.96. The summed E-state index contributed by atoms with van der Waals surface area (Å²) in [6, 6.07) is 6.69. The molecule has 1 aromatic rings. The Morgan fingerprint density at radius 2 is 2.11 bits per heavy atom. The summed E-state index contributed by atoms with van der Waals surface area (Å²) in [5, 5.41) is 2.75. The van der Waals surface area contributed by atoms with Crippen molar-refractivity contribution in [2.45, 2.75) is 19.0 Å². The largest absolute Gasteiger partial charge is 0.344 e. The third-order valence-corrected chi connectivity index (χ3v) is 3.18. The van der Waals surface area contributed by atoms with Crippen molar-refractivity contribution in [2.75, 3.05) is 13.6 Å². The summed E-state index contributed by atoms with van der Waals surface area (Å²) in [7, 11) is 1.74. The molecule has 1 unspecified atom stereocenters. The van der Waals surface area contributed by atoms with Crippen LogP contribution < -0.4 is 11.1 Å². The maximum Gasteiger partial charge on any atom is 0.251 e. The number of nitrogens with two attached hydrogens (primary N) is 1. The van der Waals surface area contributed by atoms with Crippen LogP contribution in [0.1, 0.15) is 22.3 Å². The van der Waals surface area contributed by atoms with E-state index in [0.29, 0.717) is 25.1 Å². The molecular formula is C13H17N3O2. The van der Waals surface area contributed by atoms with Crippen molar-refractivity contribution in [3.05, 3.63) is 35.4 Å². The van der Waals surface area contributed by atoms with Gasteiger partial charge in [-0.05, 0) is 24.1 Å². The molecule has 5 nitrogen and oxygen atoms in total. The van der Waals surface area contributed by atoms with Crippen LogP contribution in [0.25, 0.3) is 0 Å². The van der Waals surface area contributed by atoms with Gasteiger partial charge in [0.15, 0.2) is 0 Å². The number of likely N-dealkylation sites (tertiary alicyclic amines) is 1. The van der Waals surface area contributed by atoms with E-state index in [1.54, 1.807) is 24.1 Å². The van der Waals surface area contributed by atoms with Crippen LogP contribution in [0.15, 0.2) is 24.3 Å². The van der Waals surface area contributed by atoms with Crippen LogP contribution in [0.3, 0.4) is 0 Å². The van der Waals surface area contributed by atoms with E-state index >= 15 is 0 Å². The topological polar surface area (TPSA) is 75.4 Å². The van der Waals surface area contributed by atoms with E-state index in [1.807, 2.05) is 12.1 Å². The summed E-state index contributed by atoms with van der Waals surface area (Å²) in [6.07, 6.45) is 0.669. The van der Waals surface area contributed by atoms with Gasteiger partial charge in [-0.3, -0.25) is 9.59 Å². The Hall–Kier alpha value is -1.88. The summed E-state index contributed by atoms with van der Waals surface area (Å²) in [5.74, 6) is -0.242. The SMILES string of the molecule is CN1CCC(NC(=O)c2ccc(CN)cc2)C1=O. The first-order valence-electron chi connectivity index (χ1n) is 5.96. The molecule has 0 aliphatic carbocycles. The van der Waals surface area contributed by atoms with Gasteiger partial charge in [0, 0.05) is 25.7 Å². The zero-order chi connectivity index (χ0) is 13.1. The summed E-state index contributed by atoms with van der Waals surface area (Å²) < 4.78 is 0. The molecule has 0 spiro atoms. The van der Waals surface area contributed by atoms with Crippen molar-refractivity contribution in [3.8, 4) is 0 Å². The second-order valence-electron chi connectivity index (χ2n) is 4.48. The Labute approximate surface area is 106 Å². The van der Waals surface area contributed by atoms with E-state index in [9.17, 15) is 9.59 Å². The van der Waals surface area contributed by atoms with Gasteiger partial charge in [0.2, 0.25) is 5.91 Å². The number of nitrogens with zero attached hydrogens (tertiary/aromatic N) is 1. The number of hydrogen-bond acceptors (Lipinski definition) is 3. The second-order valence-corrected chi connectivity index (χ2v) is 4.48. The molecule has 1 atom stereocenters. The number of carbonyl (C=O) groups is 2. The highest BCUT2D eigenvalue weighted by molar-refractivity contribution is 5.98. The van der Waals surface area contributed by atoms with Crippen molar-refractivity contribution in [1.82, 2.24) is 10.2 Å². The van der Waals surface area contributed by atoms with E-state index in [0.717, 1.165) is 5.56 Å². The molecule has 0 saturated carbocycles. The molecule has 1 aliphatic rings. The molecular weight excluding hydrogens is 230 g/mol. The summed E-state index contributed by atoms with van der Waals surface area (Å²) in [5.41, 5.74) is 7.02. The molecule has 0 aromatic heterocycles. The van der Waals surface area contributed by atoms with E-state index in [-0.39, 0.29) is 11.8 Å². The van der Waals surface area contributed by atoms with Crippen LogP contribution in [0.5, 0.6) is 0 Å². The summed E-state index contributed by atoms with van der Waals surface area (Å²) in [6.45, 7) is 1.14. The molecule has 1 aromatic carbocycles. The predicted molar refractivity (Wildman–Crippen MR) is 67.8 cm³/mol. The quantitative estimate of drug-likeness (QED) is 0.795. The third kappa shape index (κ3) is 2.51. The van der Waals surface area contributed by atoms with Gasteiger partial charge >= 0.3 is 0 Å². The first-order chi connectivity index (χ1) is 8.61. The molecule has 2 rings (SSSR count). The Bertz CT molecular complexity index is 456. The Morgan fingerprint density at radius 3 is 2.61 bits per heavy atom. The minimum atomic E-state index is -0.392. The highest BCUT2D eigenvalue weighted by Gasteiger charge is 2.30. The first kappa shape index (κ1) is 12.6. The molecule has 96 valence electrons. The lowest BCUT2D eigenvalue weighted by atomic mass is 10.1. The van der Waals surface area contributed by atoms with Gasteiger partial charge in [0.1, 0.15) is 6.04 Å². The van der Waals surface area contributed by atoms with Crippen LogP contribution in [-0.2, 0) is 11.3 Å². The average Bonchev–Trinajstić information content (AvgIpc) is 2.71. The zero-order valence-corrected chi connectivity index (χ0v) is 10.3. The van der Waals surface area contributed by atoms with Crippen LogP contribution in [-0.4, -0.2) is 36.3 Å². The molecule has 18 heavy (non-hydrogen) atoms. The van der Waals surface area contributed by atoms with Crippen LogP contribution in [0.4, 0.5) is 0 Å². The Morgan fingerprint density at radius 1 is 1.44 bits per heavy atom. The lowest BCUT2D eigenvalue weighted by molar-refractivity contribution is -0.128. The molecule has 1 fully saturated rings. The van der Waals surface area contributed by atoms with Gasteiger partial charge in [0.25, 0.3) is 5.91 Å². The van der Waals surface area contributed by atoms with Gasteiger partial charge in [-0.25, -0.2) is 0 Å². The molecule has 1 heterocycles. The maximum atomic E-state index is 11.9. The van der Waals surface area contributed by atoms with E-state index in [1.165, 1.54) is 0 Å². The van der Waals surface area contributed by atoms with Crippen molar-refractivity contribution >= 4 is 11.8 Å². The minimum absolute atomic E-state index is 0.0260. The predicted octanol–water partition coefficient (Wildman–Crippen LogP) is 0.106. The molecule has 2 amide bonds. The van der Waals surface area contributed by atoms with E-state index < -0.39 is 6.04 Å². The smallest absolute Gasteiger partial charge is 0.251 e. The van der Waals surface area contributed by atoms with E-state index in [4.69, 9.17) is 5.73 Å². The fourth-order valence-corrected chi connectivity index (χ4v) is 1.99. The standard InChI is InChI=1S/C13H17N3O2/c1-16-7-6-11(13(16)18)15-12(17)10-4-2-9(8-14)3-5-10/h2-5,11H,6-8,14H2,1H3,(H,15,17). The number of amides is 2. The van der Waals surface area contributed by atoms with Crippen molar-refractivity contribution < 1.29 is 9.59 Å². The number of carbonyl (C=O) groups excluding carboxylic acids is 2. The van der Waals surface area contributed by atoms with Crippen molar-refractivity contribution in [3.63, 3.8) is 0 Å². The highest BCUT2D eigenvalue weighted by Crippen LogP contribution is 2.10. The maximum absolute atomic E-state index is 11.9. The monoisotopic (exact) mass is 247 g/mol. The fraction of sp³-hybridized carbons (Fsp3) is 0.385. The summed E-state index contributed by atoms with van der Waals surface area (Å²) in [4.78, 5) is 25.2.